The number of rotatable bonds is 6. The third kappa shape index (κ3) is 4.27. The minimum absolute atomic E-state index is 0.0418. The average Bonchev–Trinajstić information content (AvgIpc) is 3.03. The fourth-order valence-corrected chi connectivity index (χ4v) is 3.12. The fraction of sp³-hybridized carbons (Fsp3) is 0.556. The molecule has 0 aliphatic heterocycles. The molecule has 1 aliphatic carbocycles. The highest BCUT2D eigenvalue weighted by atomic mass is 19.4. The van der Waals surface area contributed by atoms with Gasteiger partial charge in [-0.05, 0) is 19.4 Å². The molecule has 0 radical (unpaired) electrons. The Kier molecular flexibility index (Phi) is 5.40. The number of alkyl halides is 3. The summed E-state index contributed by atoms with van der Waals surface area (Å²) in [7, 11) is 0. The van der Waals surface area contributed by atoms with Gasteiger partial charge in [0.2, 0.25) is 5.95 Å². The number of aliphatic hydroxyl groups is 1. The zero-order valence-electron chi connectivity index (χ0n) is 16.2. The summed E-state index contributed by atoms with van der Waals surface area (Å²) >= 11 is 0. The van der Waals surface area contributed by atoms with Crippen LogP contribution in [0.5, 0.6) is 0 Å². The molecular formula is C18H22F3N7O. The number of aromatic nitrogens is 4. The van der Waals surface area contributed by atoms with Gasteiger partial charge in [0, 0.05) is 23.7 Å². The standard InChI is InChI=1S/C18H22F3N7O/c1-10-6-13(18(19,20)21)27-28(10)5-4-23-16-24-9-11(8-22)15(26-16)25-12-7-14(29)17(12,2)3/h6,9,12,14,29H,4-5,7H2,1-3H3,(H2,23,24,25,26)/t12-,14+/m1/s1. The van der Waals surface area contributed by atoms with Crippen molar-refractivity contribution in [2.45, 2.75) is 52.1 Å². The minimum atomic E-state index is -4.48. The predicted octanol–water partition coefficient (Wildman–Crippen LogP) is 2.56. The molecule has 1 fully saturated rings. The lowest BCUT2D eigenvalue weighted by molar-refractivity contribution is -0.141. The van der Waals surface area contributed by atoms with Crippen molar-refractivity contribution in [3.05, 3.63) is 29.2 Å². The molecule has 1 saturated carbocycles. The first kappa shape index (κ1) is 20.9. The summed E-state index contributed by atoms with van der Waals surface area (Å²) in [5.41, 5.74) is -0.612. The van der Waals surface area contributed by atoms with Gasteiger partial charge in [0.15, 0.2) is 5.69 Å². The van der Waals surface area contributed by atoms with E-state index in [0.29, 0.717) is 17.9 Å². The zero-order chi connectivity index (χ0) is 21.4. The van der Waals surface area contributed by atoms with E-state index in [1.165, 1.54) is 10.9 Å². The van der Waals surface area contributed by atoms with Crippen molar-refractivity contribution >= 4 is 11.8 Å². The summed E-state index contributed by atoms with van der Waals surface area (Å²) in [6, 6.07) is 2.98. The zero-order valence-corrected chi connectivity index (χ0v) is 16.2. The lowest BCUT2D eigenvalue weighted by Crippen LogP contribution is -2.57. The second-order valence-electron chi connectivity index (χ2n) is 7.66. The van der Waals surface area contributed by atoms with Crippen LogP contribution in [0.4, 0.5) is 24.9 Å². The van der Waals surface area contributed by atoms with E-state index in [1.54, 1.807) is 6.92 Å². The number of halogens is 3. The Morgan fingerprint density at radius 3 is 2.69 bits per heavy atom. The number of nitrogens with zero attached hydrogens (tertiary/aromatic N) is 5. The van der Waals surface area contributed by atoms with Crippen LogP contribution in [-0.2, 0) is 12.7 Å². The van der Waals surface area contributed by atoms with Crippen molar-refractivity contribution < 1.29 is 18.3 Å². The first-order valence-corrected chi connectivity index (χ1v) is 9.09. The largest absolute Gasteiger partial charge is 0.435 e. The van der Waals surface area contributed by atoms with E-state index in [0.717, 1.165) is 6.07 Å². The highest BCUT2D eigenvalue weighted by Gasteiger charge is 2.47. The predicted molar refractivity (Wildman–Crippen MR) is 99.0 cm³/mol. The number of nitrogens with one attached hydrogen (secondary N) is 2. The molecule has 2 aromatic rings. The Morgan fingerprint density at radius 2 is 2.14 bits per heavy atom. The number of hydrogen-bond acceptors (Lipinski definition) is 7. The number of nitriles is 1. The maximum atomic E-state index is 12.7. The molecule has 3 N–H and O–H groups in total. The van der Waals surface area contributed by atoms with Gasteiger partial charge in [0.05, 0.1) is 18.8 Å². The van der Waals surface area contributed by atoms with Gasteiger partial charge in [-0.25, -0.2) is 4.98 Å². The second-order valence-corrected chi connectivity index (χ2v) is 7.66. The van der Waals surface area contributed by atoms with E-state index in [1.807, 2.05) is 19.9 Å². The monoisotopic (exact) mass is 409 g/mol. The van der Waals surface area contributed by atoms with Crippen LogP contribution < -0.4 is 10.6 Å². The van der Waals surface area contributed by atoms with Gasteiger partial charge in [-0.2, -0.15) is 28.5 Å². The Morgan fingerprint density at radius 1 is 1.41 bits per heavy atom. The molecule has 3 rings (SSSR count). The average molecular weight is 409 g/mol. The molecule has 0 spiro atoms. The molecule has 1 aliphatic rings. The molecule has 0 unspecified atom stereocenters. The molecule has 2 atom stereocenters. The summed E-state index contributed by atoms with van der Waals surface area (Å²) in [4.78, 5) is 8.37. The first-order valence-electron chi connectivity index (χ1n) is 9.09. The first-order chi connectivity index (χ1) is 13.5. The van der Waals surface area contributed by atoms with Gasteiger partial charge >= 0.3 is 6.18 Å². The van der Waals surface area contributed by atoms with E-state index in [9.17, 15) is 23.5 Å². The van der Waals surface area contributed by atoms with Crippen LogP contribution in [0, 0.1) is 23.7 Å². The number of aliphatic hydroxyl groups excluding tert-OH is 1. The van der Waals surface area contributed by atoms with E-state index in [-0.39, 0.29) is 36.1 Å². The summed E-state index contributed by atoms with van der Waals surface area (Å²) in [5, 5.41) is 28.8. The Labute approximate surface area is 165 Å². The van der Waals surface area contributed by atoms with Crippen LogP contribution >= 0.6 is 0 Å². The molecule has 2 aromatic heterocycles. The Bertz CT molecular complexity index is 933. The maximum Gasteiger partial charge on any atom is 0.435 e. The smallest absolute Gasteiger partial charge is 0.392 e. The van der Waals surface area contributed by atoms with Crippen LogP contribution in [0.25, 0.3) is 0 Å². The molecule has 0 bridgehead atoms. The molecule has 0 saturated heterocycles. The normalized spacial score (nSPS) is 20.6. The highest BCUT2D eigenvalue weighted by molar-refractivity contribution is 5.54. The van der Waals surface area contributed by atoms with Gasteiger partial charge in [0.1, 0.15) is 17.5 Å². The molecule has 29 heavy (non-hydrogen) atoms. The van der Waals surface area contributed by atoms with Gasteiger partial charge in [-0.15, -0.1) is 0 Å². The van der Waals surface area contributed by atoms with Crippen LogP contribution in [0.1, 0.15) is 37.2 Å². The summed E-state index contributed by atoms with van der Waals surface area (Å²) in [6.45, 7) is 5.84. The third-order valence-corrected chi connectivity index (χ3v) is 5.31. The van der Waals surface area contributed by atoms with Gasteiger partial charge in [-0.3, -0.25) is 4.68 Å². The Hall–Kier alpha value is -2.87. The molecule has 0 amide bonds. The molecule has 8 nitrogen and oxygen atoms in total. The van der Waals surface area contributed by atoms with Crippen molar-refractivity contribution in [2.24, 2.45) is 5.41 Å². The van der Waals surface area contributed by atoms with Gasteiger partial charge in [-0.1, -0.05) is 13.8 Å². The summed E-state index contributed by atoms with van der Waals surface area (Å²) in [5.74, 6) is 0.592. The highest BCUT2D eigenvalue weighted by Crippen LogP contribution is 2.42. The number of hydrogen-bond donors (Lipinski definition) is 3. The van der Waals surface area contributed by atoms with Crippen LogP contribution in [0.15, 0.2) is 12.3 Å². The molecule has 0 aromatic carbocycles. The van der Waals surface area contributed by atoms with Gasteiger partial charge in [0.25, 0.3) is 0 Å². The van der Waals surface area contributed by atoms with Crippen LogP contribution in [0.3, 0.4) is 0 Å². The Balaban J connectivity index is 1.65. The molecule has 156 valence electrons. The second kappa shape index (κ2) is 7.51. The van der Waals surface area contributed by atoms with Gasteiger partial charge < -0.3 is 15.7 Å². The number of anilines is 2. The number of aryl methyl sites for hydroxylation is 1. The van der Waals surface area contributed by atoms with E-state index in [4.69, 9.17) is 0 Å². The van der Waals surface area contributed by atoms with Crippen molar-refractivity contribution in [1.82, 2.24) is 19.7 Å². The molecular weight excluding hydrogens is 387 g/mol. The van der Waals surface area contributed by atoms with E-state index >= 15 is 0 Å². The molecule has 11 heteroatoms. The topological polar surface area (TPSA) is 112 Å². The summed E-state index contributed by atoms with van der Waals surface area (Å²) < 4.78 is 39.5. The summed E-state index contributed by atoms with van der Waals surface area (Å²) in [6.07, 6.45) is -2.99. The van der Waals surface area contributed by atoms with Crippen molar-refractivity contribution in [1.29, 1.82) is 5.26 Å². The van der Waals surface area contributed by atoms with E-state index in [2.05, 4.69) is 25.7 Å². The fourth-order valence-electron chi connectivity index (χ4n) is 3.12. The maximum absolute atomic E-state index is 12.7. The minimum Gasteiger partial charge on any atom is -0.392 e. The molecule has 2 heterocycles. The van der Waals surface area contributed by atoms with Crippen molar-refractivity contribution in [2.75, 3.05) is 17.2 Å². The van der Waals surface area contributed by atoms with Crippen molar-refractivity contribution in [3.63, 3.8) is 0 Å². The lowest BCUT2D eigenvalue weighted by Gasteiger charge is -2.49. The third-order valence-electron chi connectivity index (χ3n) is 5.31. The van der Waals surface area contributed by atoms with Crippen LogP contribution in [0.2, 0.25) is 0 Å². The SMILES string of the molecule is Cc1cc(C(F)(F)F)nn1CCNc1ncc(C#N)c(N[C@@H]2C[C@H](O)C2(C)C)n1. The van der Waals surface area contributed by atoms with Crippen LogP contribution in [-0.4, -0.2) is 43.5 Å². The van der Waals surface area contributed by atoms with E-state index < -0.39 is 18.0 Å². The quantitative estimate of drug-likeness (QED) is 0.672. The lowest BCUT2D eigenvalue weighted by atomic mass is 9.64. The van der Waals surface area contributed by atoms with Crippen molar-refractivity contribution in [3.8, 4) is 6.07 Å².